The predicted octanol–water partition coefficient (Wildman–Crippen LogP) is 8.51. The molecule has 26 heavy (non-hydrogen) atoms. The number of alkyl halides is 2. The Kier molecular flexibility index (Phi) is 6.64. The molecule has 0 amide bonds. The Labute approximate surface area is 169 Å². The van der Waals surface area contributed by atoms with Crippen LogP contribution in [0.2, 0.25) is 0 Å². The van der Waals surface area contributed by atoms with Gasteiger partial charge in [0.25, 0.3) is 0 Å². The minimum Gasteiger partial charge on any atom is -0.117 e. The minimum atomic E-state index is 0.0133. The molecule has 0 nitrogen and oxygen atoms in total. The first-order valence-electron chi connectivity index (χ1n) is 9.14. The van der Waals surface area contributed by atoms with Gasteiger partial charge in [0.1, 0.15) is 0 Å². The molecule has 0 N–H and O–H groups in total. The van der Waals surface area contributed by atoms with Gasteiger partial charge in [-0.15, -0.1) is 23.2 Å². The number of rotatable bonds is 4. The summed E-state index contributed by atoms with van der Waals surface area (Å²) in [5.74, 6) is 0. The monoisotopic (exact) mass is 388 g/mol. The lowest BCUT2D eigenvalue weighted by atomic mass is 9.87. The number of halogens is 2. The molecule has 0 saturated heterocycles. The first-order valence-corrected chi connectivity index (χ1v) is 10.0. The highest BCUT2D eigenvalue weighted by atomic mass is 35.5. The topological polar surface area (TPSA) is 0 Å². The highest BCUT2D eigenvalue weighted by Crippen LogP contribution is 2.39. The fourth-order valence-corrected chi connectivity index (χ4v) is 3.04. The Balaban J connectivity index is 2.08. The average molecular weight is 389 g/mol. The van der Waals surface area contributed by atoms with Gasteiger partial charge in [-0.25, -0.2) is 0 Å². The van der Waals surface area contributed by atoms with E-state index in [1.54, 1.807) is 0 Å². The van der Waals surface area contributed by atoms with E-state index >= 15 is 0 Å². The third-order valence-electron chi connectivity index (χ3n) is 4.45. The SMILES string of the molecule is CC(C)(C)C(Cl)c1ccc(/C=C/c2ccc(C(Cl)C(C)(C)C)cc2)cc1. The van der Waals surface area contributed by atoms with E-state index in [1.807, 2.05) is 0 Å². The zero-order valence-corrected chi connectivity index (χ0v) is 18.2. The van der Waals surface area contributed by atoms with Crippen LogP contribution >= 0.6 is 23.2 Å². The van der Waals surface area contributed by atoms with Crippen molar-refractivity contribution >= 4 is 35.4 Å². The van der Waals surface area contributed by atoms with Gasteiger partial charge in [0, 0.05) is 0 Å². The zero-order chi connectivity index (χ0) is 19.5. The van der Waals surface area contributed by atoms with E-state index in [4.69, 9.17) is 23.2 Å². The van der Waals surface area contributed by atoms with Gasteiger partial charge in [0.15, 0.2) is 0 Å². The molecule has 2 heteroatoms. The van der Waals surface area contributed by atoms with E-state index in [2.05, 4.69) is 102 Å². The summed E-state index contributed by atoms with van der Waals surface area (Å²) in [7, 11) is 0. The normalized spacial score (nSPS) is 15.2. The van der Waals surface area contributed by atoms with Crippen LogP contribution in [0.5, 0.6) is 0 Å². The minimum absolute atomic E-state index is 0.0133. The summed E-state index contributed by atoms with van der Waals surface area (Å²) in [6.45, 7) is 13.0. The van der Waals surface area contributed by atoms with Gasteiger partial charge in [-0.2, -0.15) is 0 Å². The van der Waals surface area contributed by atoms with Crippen LogP contribution in [0.15, 0.2) is 48.5 Å². The highest BCUT2D eigenvalue weighted by Gasteiger charge is 2.24. The Morgan fingerprint density at radius 1 is 0.577 bits per heavy atom. The Morgan fingerprint density at radius 2 is 0.846 bits per heavy atom. The lowest BCUT2D eigenvalue weighted by Crippen LogP contribution is -2.13. The Morgan fingerprint density at radius 3 is 1.08 bits per heavy atom. The summed E-state index contributed by atoms with van der Waals surface area (Å²) in [6.07, 6.45) is 4.25. The molecule has 0 heterocycles. The van der Waals surface area contributed by atoms with Gasteiger partial charge in [-0.05, 0) is 33.1 Å². The first kappa shape index (κ1) is 21.1. The molecule has 0 spiro atoms. The Hall–Kier alpha value is -1.24. The molecular weight excluding hydrogens is 359 g/mol. The molecule has 0 fully saturated rings. The highest BCUT2D eigenvalue weighted by molar-refractivity contribution is 6.21. The van der Waals surface area contributed by atoms with Crippen molar-refractivity contribution in [2.75, 3.05) is 0 Å². The molecule has 2 atom stereocenters. The van der Waals surface area contributed by atoms with Crippen molar-refractivity contribution in [1.29, 1.82) is 0 Å². The maximum absolute atomic E-state index is 6.55. The van der Waals surface area contributed by atoms with Gasteiger partial charge in [-0.3, -0.25) is 0 Å². The van der Waals surface area contributed by atoms with E-state index in [9.17, 15) is 0 Å². The van der Waals surface area contributed by atoms with Crippen molar-refractivity contribution in [2.24, 2.45) is 10.8 Å². The molecule has 140 valence electrons. The van der Waals surface area contributed by atoms with Gasteiger partial charge >= 0.3 is 0 Å². The lowest BCUT2D eigenvalue weighted by Gasteiger charge is -2.25. The zero-order valence-electron chi connectivity index (χ0n) is 16.7. The molecule has 2 unspecified atom stereocenters. The third kappa shape index (κ3) is 5.63. The molecule has 0 radical (unpaired) electrons. The molecule has 0 aliphatic rings. The Bertz CT molecular complexity index is 660. The van der Waals surface area contributed by atoms with Crippen LogP contribution in [0.25, 0.3) is 12.2 Å². The molecule has 0 aromatic heterocycles. The van der Waals surface area contributed by atoms with Crippen LogP contribution < -0.4 is 0 Å². The quantitative estimate of drug-likeness (QED) is 0.363. The fourth-order valence-electron chi connectivity index (χ4n) is 2.74. The van der Waals surface area contributed by atoms with E-state index in [-0.39, 0.29) is 21.6 Å². The van der Waals surface area contributed by atoms with Gasteiger partial charge in [0.2, 0.25) is 0 Å². The van der Waals surface area contributed by atoms with E-state index < -0.39 is 0 Å². The van der Waals surface area contributed by atoms with Crippen LogP contribution in [0.3, 0.4) is 0 Å². The summed E-state index contributed by atoms with van der Waals surface area (Å²) in [6, 6.07) is 17.0. The van der Waals surface area contributed by atoms with Gasteiger partial charge < -0.3 is 0 Å². The van der Waals surface area contributed by atoms with E-state index in [1.165, 1.54) is 11.1 Å². The maximum atomic E-state index is 6.55. The second kappa shape index (κ2) is 8.19. The molecule has 0 aliphatic heterocycles. The van der Waals surface area contributed by atoms with Crippen molar-refractivity contribution in [3.8, 4) is 0 Å². The molecule has 2 rings (SSSR count). The fraction of sp³-hybridized carbons (Fsp3) is 0.417. The van der Waals surface area contributed by atoms with Crippen LogP contribution in [0, 0.1) is 10.8 Å². The van der Waals surface area contributed by atoms with Crippen LogP contribution in [-0.2, 0) is 0 Å². The second-order valence-electron chi connectivity index (χ2n) is 9.12. The standard InChI is InChI=1S/C24H30Cl2/c1-23(2,3)21(25)19-13-9-17(10-14-19)7-8-18-11-15-20(16-12-18)22(26)24(4,5)6/h7-16,21-22H,1-6H3/b8-7+. The van der Waals surface area contributed by atoms with Crippen molar-refractivity contribution < 1.29 is 0 Å². The summed E-state index contributed by atoms with van der Waals surface area (Å²) in [5.41, 5.74) is 4.76. The van der Waals surface area contributed by atoms with Crippen LogP contribution in [0.4, 0.5) is 0 Å². The van der Waals surface area contributed by atoms with Crippen molar-refractivity contribution in [1.82, 2.24) is 0 Å². The lowest BCUT2D eigenvalue weighted by molar-refractivity contribution is 0.395. The molecule has 0 bridgehead atoms. The predicted molar refractivity (Wildman–Crippen MR) is 118 cm³/mol. The van der Waals surface area contributed by atoms with Crippen molar-refractivity contribution in [3.63, 3.8) is 0 Å². The third-order valence-corrected chi connectivity index (χ3v) is 6.26. The number of hydrogen-bond donors (Lipinski definition) is 0. The number of benzene rings is 2. The van der Waals surface area contributed by atoms with E-state index in [0.29, 0.717) is 0 Å². The van der Waals surface area contributed by atoms with Crippen LogP contribution in [-0.4, -0.2) is 0 Å². The summed E-state index contributed by atoms with van der Waals surface area (Å²) in [5, 5.41) is 0.0266. The largest absolute Gasteiger partial charge is 0.117 e. The van der Waals surface area contributed by atoms with Gasteiger partial charge in [0.05, 0.1) is 10.8 Å². The molecule has 2 aromatic rings. The summed E-state index contributed by atoms with van der Waals surface area (Å²) < 4.78 is 0. The summed E-state index contributed by atoms with van der Waals surface area (Å²) >= 11 is 13.1. The maximum Gasteiger partial charge on any atom is 0.0633 e. The molecule has 0 saturated carbocycles. The molecular formula is C24H30Cl2. The van der Waals surface area contributed by atoms with E-state index in [0.717, 1.165) is 11.1 Å². The second-order valence-corrected chi connectivity index (χ2v) is 10.00. The smallest absolute Gasteiger partial charge is 0.0633 e. The van der Waals surface area contributed by atoms with Crippen LogP contribution in [0.1, 0.15) is 74.6 Å². The molecule has 0 aliphatic carbocycles. The molecule has 2 aromatic carbocycles. The number of hydrogen-bond acceptors (Lipinski definition) is 0. The first-order chi connectivity index (χ1) is 12.0. The summed E-state index contributed by atoms with van der Waals surface area (Å²) in [4.78, 5) is 0. The van der Waals surface area contributed by atoms with Gasteiger partial charge in [-0.1, -0.05) is 102 Å². The van der Waals surface area contributed by atoms with Crippen molar-refractivity contribution in [3.05, 3.63) is 70.8 Å². The van der Waals surface area contributed by atoms with Crippen molar-refractivity contribution in [2.45, 2.75) is 52.3 Å². The average Bonchev–Trinajstić information content (AvgIpc) is 2.58.